The first-order chi connectivity index (χ1) is 17.0. The Morgan fingerprint density at radius 3 is 2.46 bits per heavy atom. The quantitative estimate of drug-likeness (QED) is 0.418. The summed E-state index contributed by atoms with van der Waals surface area (Å²) in [5, 5.41) is 3.03. The van der Waals surface area contributed by atoms with Gasteiger partial charge in [-0.1, -0.05) is 37.3 Å². The summed E-state index contributed by atoms with van der Waals surface area (Å²) >= 11 is 0. The number of nitrogens with zero attached hydrogens (tertiary/aromatic N) is 3. The summed E-state index contributed by atoms with van der Waals surface area (Å²) in [4.78, 5) is 22.3. The third-order valence-electron chi connectivity index (χ3n) is 6.08. The van der Waals surface area contributed by atoms with Crippen molar-refractivity contribution >= 4 is 17.6 Å². The van der Waals surface area contributed by atoms with E-state index in [1.165, 1.54) is 11.6 Å². The van der Waals surface area contributed by atoms with E-state index >= 15 is 0 Å². The Bertz CT molecular complexity index is 1190. The van der Waals surface area contributed by atoms with Crippen LogP contribution in [0.25, 0.3) is 0 Å². The first-order valence-electron chi connectivity index (χ1n) is 11.9. The molecule has 1 saturated heterocycles. The number of aryl methyl sites for hydroxylation is 1. The van der Waals surface area contributed by atoms with Crippen molar-refractivity contribution in [1.82, 2.24) is 15.1 Å². The Hall–Kier alpha value is -3.71. The number of amides is 1. The van der Waals surface area contributed by atoms with Gasteiger partial charge in [-0.25, -0.2) is 9.38 Å². The van der Waals surface area contributed by atoms with Gasteiger partial charge in [0.15, 0.2) is 0 Å². The number of guanidine groups is 1. The van der Waals surface area contributed by atoms with Crippen molar-refractivity contribution in [1.29, 1.82) is 0 Å². The molecule has 1 heterocycles. The van der Waals surface area contributed by atoms with Gasteiger partial charge in [0.25, 0.3) is 5.91 Å². The zero-order chi connectivity index (χ0) is 24.6. The first kappa shape index (κ1) is 24.4. The van der Waals surface area contributed by atoms with E-state index in [2.05, 4.69) is 28.1 Å². The molecule has 6 nitrogen and oxygen atoms in total. The summed E-state index contributed by atoms with van der Waals surface area (Å²) in [6.07, 6.45) is 0.910. The average Bonchev–Trinajstić information content (AvgIpc) is 2.89. The minimum absolute atomic E-state index is 0.217. The predicted molar refractivity (Wildman–Crippen MR) is 137 cm³/mol. The first-order valence-corrected chi connectivity index (χ1v) is 11.9. The Kier molecular flexibility index (Phi) is 8.11. The second-order valence-corrected chi connectivity index (χ2v) is 8.54. The highest BCUT2D eigenvalue weighted by atomic mass is 19.1. The zero-order valence-corrected chi connectivity index (χ0v) is 20.2. The van der Waals surface area contributed by atoms with Crippen LogP contribution in [0.15, 0.2) is 77.8 Å². The van der Waals surface area contributed by atoms with Crippen LogP contribution in [-0.2, 0) is 13.0 Å². The van der Waals surface area contributed by atoms with Crippen molar-refractivity contribution in [2.45, 2.75) is 19.9 Å². The standard InChI is InChI=1S/C28H31FN4O2/c1-3-21-7-5-11-25(18-21)30-28(31-27(34)23-9-6-12-26(19-23)35-2)33-15-13-32(14-16-33)20-22-8-4-10-24(29)17-22/h4-12,17-19H,3,13-16,20H2,1-2H3,(H,30,31,34). The smallest absolute Gasteiger partial charge is 0.258 e. The molecule has 0 radical (unpaired) electrons. The fraction of sp³-hybridized carbons (Fsp3) is 0.286. The third kappa shape index (κ3) is 6.67. The van der Waals surface area contributed by atoms with Crippen LogP contribution in [0.2, 0.25) is 0 Å². The summed E-state index contributed by atoms with van der Waals surface area (Å²) in [7, 11) is 1.58. The van der Waals surface area contributed by atoms with Crippen LogP contribution in [0.4, 0.5) is 10.1 Å². The minimum Gasteiger partial charge on any atom is -0.497 e. The Morgan fingerprint density at radius 2 is 1.71 bits per heavy atom. The Labute approximate surface area is 206 Å². The lowest BCUT2D eigenvalue weighted by Gasteiger charge is -2.36. The molecule has 1 aliphatic heterocycles. The van der Waals surface area contributed by atoms with Gasteiger partial charge < -0.3 is 9.64 Å². The molecular formula is C28H31FN4O2. The van der Waals surface area contributed by atoms with E-state index in [1.807, 2.05) is 24.3 Å². The van der Waals surface area contributed by atoms with Crippen molar-refractivity contribution < 1.29 is 13.9 Å². The highest BCUT2D eigenvalue weighted by molar-refractivity contribution is 6.06. The van der Waals surface area contributed by atoms with Crippen molar-refractivity contribution in [2.24, 2.45) is 4.99 Å². The van der Waals surface area contributed by atoms with Crippen LogP contribution in [0.1, 0.15) is 28.4 Å². The van der Waals surface area contributed by atoms with E-state index in [0.717, 1.165) is 30.8 Å². The maximum Gasteiger partial charge on any atom is 0.258 e. The largest absolute Gasteiger partial charge is 0.497 e. The number of piperazine rings is 1. The number of hydrogen-bond acceptors (Lipinski definition) is 4. The van der Waals surface area contributed by atoms with Crippen molar-refractivity contribution in [3.63, 3.8) is 0 Å². The maximum atomic E-state index is 13.6. The van der Waals surface area contributed by atoms with Crippen LogP contribution >= 0.6 is 0 Å². The van der Waals surface area contributed by atoms with Crippen LogP contribution in [0.3, 0.4) is 0 Å². The van der Waals surface area contributed by atoms with Crippen molar-refractivity contribution in [3.05, 3.63) is 95.3 Å². The molecule has 0 bridgehead atoms. The van der Waals surface area contributed by atoms with Gasteiger partial charge in [0.2, 0.25) is 5.96 Å². The van der Waals surface area contributed by atoms with Gasteiger partial charge in [0.05, 0.1) is 12.8 Å². The summed E-state index contributed by atoms with van der Waals surface area (Å²) < 4.78 is 18.8. The van der Waals surface area contributed by atoms with Gasteiger partial charge in [-0.15, -0.1) is 0 Å². The Balaban J connectivity index is 1.51. The summed E-state index contributed by atoms with van der Waals surface area (Å²) in [5.74, 6) is 0.691. The molecular weight excluding hydrogens is 443 g/mol. The number of nitrogens with one attached hydrogen (secondary N) is 1. The summed E-state index contributed by atoms with van der Waals surface area (Å²) in [6.45, 7) is 5.73. The summed E-state index contributed by atoms with van der Waals surface area (Å²) in [6, 6.07) is 21.8. The molecule has 0 aromatic heterocycles. The lowest BCUT2D eigenvalue weighted by Crippen LogP contribution is -2.53. The van der Waals surface area contributed by atoms with E-state index in [9.17, 15) is 9.18 Å². The number of rotatable bonds is 6. The SMILES string of the molecule is CCc1cccc(N=C(NC(=O)c2cccc(OC)c2)N2CCN(Cc3cccc(F)c3)CC2)c1. The van der Waals surface area contributed by atoms with E-state index in [0.29, 0.717) is 36.9 Å². The monoisotopic (exact) mass is 474 g/mol. The number of carbonyl (C=O) groups excluding carboxylic acids is 1. The maximum absolute atomic E-state index is 13.6. The van der Waals surface area contributed by atoms with Gasteiger partial charge in [-0.05, 0) is 60.0 Å². The molecule has 1 amide bonds. The highest BCUT2D eigenvalue weighted by Crippen LogP contribution is 2.18. The number of methoxy groups -OCH3 is 1. The lowest BCUT2D eigenvalue weighted by molar-refractivity contribution is 0.0967. The molecule has 0 spiro atoms. The highest BCUT2D eigenvalue weighted by Gasteiger charge is 2.22. The second kappa shape index (κ2) is 11.6. The van der Waals surface area contributed by atoms with Gasteiger partial charge in [0.1, 0.15) is 11.6 Å². The molecule has 35 heavy (non-hydrogen) atoms. The molecule has 1 fully saturated rings. The Morgan fingerprint density at radius 1 is 0.971 bits per heavy atom. The van der Waals surface area contributed by atoms with Crippen LogP contribution in [-0.4, -0.2) is 55.0 Å². The van der Waals surface area contributed by atoms with E-state index in [-0.39, 0.29) is 11.7 Å². The van der Waals surface area contributed by atoms with E-state index in [1.54, 1.807) is 43.5 Å². The van der Waals surface area contributed by atoms with Crippen molar-refractivity contribution in [2.75, 3.05) is 33.3 Å². The number of ether oxygens (including phenoxy) is 1. The fourth-order valence-electron chi connectivity index (χ4n) is 4.10. The van der Waals surface area contributed by atoms with Crippen LogP contribution in [0.5, 0.6) is 5.75 Å². The zero-order valence-electron chi connectivity index (χ0n) is 20.2. The topological polar surface area (TPSA) is 57.2 Å². The molecule has 0 saturated carbocycles. The molecule has 1 N–H and O–H groups in total. The minimum atomic E-state index is -0.239. The number of carbonyl (C=O) groups is 1. The van der Waals surface area contributed by atoms with E-state index in [4.69, 9.17) is 9.73 Å². The molecule has 7 heteroatoms. The molecule has 182 valence electrons. The fourth-order valence-corrected chi connectivity index (χ4v) is 4.10. The van der Waals surface area contributed by atoms with E-state index < -0.39 is 0 Å². The van der Waals surface area contributed by atoms with Crippen LogP contribution < -0.4 is 10.1 Å². The molecule has 3 aromatic carbocycles. The number of hydrogen-bond donors (Lipinski definition) is 1. The van der Waals surface area contributed by atoms with Gasteiger partial charge in [-0.3, -0.25) is 15.0 Å². The second-order valence-electron chi connectivity index (χ2n) is 8.54. The summed E-state index contributed by atoms with van der Waals surface area (Å²) in [5.41, 5.74) is 3.44. The molecule has 0 unspecified atom stereocenters. The number of benzene rings is 3. The average molecular weight is 475 g/mol. The third-order valence-corrected chi connectivity index (χ3v) is 6.08. The van der Waals surface area contributed by atoms with Crippen molar-refractivity contribution in [3.8, 4) is 5.75 Å². The molecule has 0 atom stereocenters. The molecule has 0 aliphatic carbocycles. The number of aliphatic imine (C=N–C) groups is 1. The number of halogens is 1. The van der Waals surface area contributed by atoms with Crippen LogP contribution in [0, 0.1) is 5.82 Å². The predicted octanol–water partition coefficient (Wildman–Crippen LogP) is 4.63. The van der Waals surface area contributed by atoms with Gasteiger partial charge >= 0.3 is 0 Å². The van der Waals surface area contributed by atoms with Gasteiger partial charge in [-0.2, -0.15) is 0 Å². The lowest BCUT2D eigenvalue weighted by atomic mass is 10.1. The molecule has 1 aliphatic rings. The van der Waals surface area contributed by atoms with Gasteiger partial charge in [0, 0.05) is 38.3 Å². The normalized spacial score (nSPS) is 14.6. The molecule has 4 rings (SSSR count). The molecule has 3 aromatic rings.